The van der Waals surface area contributed by atoms with Gasteiger partial charge in [-0.05, 0) is 63.3 Å². The maximum Gasteiger partial charge on any atom is 0.268 e. The minimum absolute atomic E-state index is 0.323. The lowest BCUT2D eigenvalue weighted by Crippen LogP contribution is -2.42. The van der Waals surface area contributed by atoms with Gasteiger partial charge in [-0.3, -0.25) is 4.79 Å². The summed E-state index contributed by atoms with van der Waals surface area (Å²) in [5.74, 6) is 0.355. The molecule has 1 amide bonds. The molecule has 0 spiro atoms. The van der Waals surface area contributed by atoms with Crippen molar-refractivity contribution in [3.8, 4) is 11.5 Å². The molecular formula is C22H29FN2O3. The Morgan fingerprint density at radius 2 is 1.71 bits per heavy atom. The second-order valence-electron chi connectivity index (χ2n) is 6.89. The third-order valence-electron chi connectivity index (χ3n) is 4.43. The molecule has 2 aromatic carbocycles. The predicted molar refractivity (Wildman–Crippen MR) is 109 cm³/mol. The van der Waals surface area contributed by atoms with Gasteiger partial charge in [0.15, 0.2) is 5.60 Å². The van der Waals surface area contributed by atoms with Crippen LogP contribution in [-0.2, 0) is 4.79 Å². The highest BCUT2D eigenvalue weighted by Gasteiger charge is 2.30. The highest BCUT2D eigenvalue weighted by Crippen LogP contribution is 2.26. The lowest BCUT2D eigenvalue weighted by molar-refractivity contribution is -0.128. The third-order valence-corrected chi connectivity index (χ3v) is 4.43. The monoisotopic (exact) mass is 388 g/mol. The van der Waals surface area contributed by atoms with E-state index in [1.807, 2.05) is 18.2 Å². The summed E-state index contributed by atoms with van der Waals surface area (Å²) in [5, 5.41) is 2.87. The van der Waals surface area contributed by atoms with Gasteiger partial charge in [0.25, 0.3) is 5.91 Å². The number of benzene rings is 2. The number of nitrogens with one attached hydrogen (secondary N) is 1. The number of nitrogens with zero attached hydrogens (tertiary/aromatic N) is 1. The van der Waals surface area contributed by atoms with Crippen molar-refractivity contribution in [2.24, 2.45) is 0 Å². The van der Waals surface area contributed by atoms with Crippen molar-refractivity contribution in [3.63, 3.8) is 0 Å². The Labute approximate surface area is 166 Å². The second kappa shape index (κ2) is 10.1. The van der Waals surface area contributed by atoms with Gasteiger partial charge in [0.1, 0.15) is 23.9 Å². The largest absolute Gasteiger partial charge is 0.490 e. The molecule has 0 saturated carbocycles. The molecule has 0 fully saturated rings. The molecule has 28 heavy (non-hydrogen) atoms. The fraction of sp³-hybridized carbons (Fsp3) is 0.409. The summed E-state index contributed by atoms with van der Waals surface area (Å²) in [6.45, 7) is 10.8. The number of halogens is 1. The van der Waals surface area contributed by atoms with Crippen molar-refractivity contribution in [3.05, 3.63) is 54.3 Å². The number of anilines is 1. The van der Waals surface area contributed by atoms with E-state index in [0.717, 1.165) is 19.6 Å². The van der Waals surface area contributed by atoms with Crippen LogP contribution in [0, 0.1) is 5.82 Å². The molecule has 2 aromatic rings. The zero-order valence-corrected chi connectivity index (χ0v) is 17.0. The summed E-state index contributed by atoms with van der Waals surface area (Å²) in [6.07, 6.45) is 0. The van der Waals surface area contributed by atoms with E-state index in [2.05, 4.69) is 24.1 Å². The van der Waals surface area contributed by atoms with Gasteiger partial charge in [-0.2, -0.15) is 0 Å². The first kappa shape index (κ1) is 21.7. The smallest absolute Gasteiger partial charge is 0.268 e. The Morgan fingerprint density at radius 1 is 1.07 bits per heavy atom. The average Bonchev–Trinajstić information content (AvgIpc) is 2.68. The summed E-state index contributed by atoms with van der Waals surface area (Å²) in [7, 11) is 0. The number of rotatable bonds is 10. The highest BCUT2D eigenvalue weighted by molar-refractivity contribution is 5.98. The van der Waals surface area contributed by atoms with Crippen molar-refractivity contribution >= 4 is 11.6 Å². The Hall–Kier alpha value is -2.60. The first-order valence-electron chi connectivity index (χ1n) is 9.56. The van der Waals surface area contributed by atoms with Crippen molar-refractivity contribution in [2.75, 3.05) is 31.6 Å². The number of likely N-dealkylation sites (N-methyl/N-ethyl adjacent to an activating group) is 1. The molecule has 0 aliphatic heterocycles. The molecule has 0 radical (unpaired) electrons. The fourth-order valence-electron chi connectivity index (χ4n) is 2.64. The lowest BCUT2D eigenvalue weighted by Gasteiger charge is -2.26. The highest BCUT2D eigenvalue weighted by atomic mass is 19.1. The van der Waals surface area contributed by atoms with Gasteiger partial charge >= 0.3 is 0 Å². The van der Waals surface area contributed by atoms with Crippen LogP contribution in [0.4, 0.5) is 10.1 Å². The van der Waals surface area contributed by atoms with Crippen molar-refractivity contribution in [2.45, 2.75) is 33.3 Å². The van der Waals surface area contributed by atoms with E-state index in [0.29, 0.717) is 23.8 Å². The number of hydrogen-bond donors (Lipinski definition) is 1. The first-order valence-corrected chi connectivity index (χ1v) is 9.56. The van der Waals surface area contributed by atoms with Crippen molar-refractivity contribution < 1.29 is 18.7 Å². The van der Waals surface area contributed by atoms with Crippen molar-refractivity contribution in [1.29, 1.82) is 0 Å². The number of amides is 1. The van der Waals surface area contributed by atoms with Crippen LogP contribution in [0.3, 0.4) is 0 Å². The molecule has 1 N–H and O–H groups in total. The van der Waals surface area contributed by atoms with E-state index >= 15 is 0 Å². The number of hydrogen-bond acceptors (Lipinski definition) is 4. The molecule has 6 heteroatoms. The third kappa shape index (κ3) is 6.23. The molecule has 0 heterocycles. The number of carbonyl (C=O) groups is 1. The maximum atomic E-state index is 13.1. The molecule has 0 aliphatic rings. The standard InChI is InChI=1S/C22H29FN2O3/c1-5-25(6-2)15-16-27-20-10-8-7-9-19(20)24-21(26)22(3,4)28-18-13-11-17(23)12-14-18/h7-14H,5-6,15-16H2,1-4H3,(H,24,26). The van der Waals surface area contributed by atoms with Gasteiger partial charge in [-0.1, -0.05) is 26.0 Å². The second-order valence-corrected chi connectivity index (χ2v) is 6.89. The lowest BCUT2D eigenvalue weighted by atomic mass is 10.1. The Kier molecular flexibility index (Phi) is 7.81. The van der Waals surface area contributed by atoms with E-state index in [1.165, 1.54) is 24.3 Å². The normalized spacial score (nSPS) is 11.4. The van der Waals surface area contributed by atoms with Gasteiger partial charge in [0, 0.05) is 6.54 Å². The predicted octanol–water partition coefficient (Wildman–Crippen LogP) is 4.34. The van der Waals surface area contributed by atoms with Gasteiger partial charge in [0.05, 0.1) is 5.69 Å². The summed E-state index contributed by atoms with van der Waals surface area (Å²) < 4.78 is 24.7. The zero-order valence-electron chi connectivity index (χ0n) is 17.0. The molecule has 0 unspecified atom stereocenters. The maximum absolute atomic E-state index is 13.1. The molecule has 2 rings (SSSR count). The molecule has 0 atom stereocenters. The van der Waals surface area contributed by atoms with Crippen LogP contribution in [0.25, 0.3) is 0 Å². The van der Waals surface area contributed by atoms with E-state index in [9.17, 15) is 9.18 Å². The van der Waals surface area contributed by atoms with Crippen LogP contribution in [0.2, 0.25) is 0 Å². The molecule has 0 aliphatic carbocycles. The van der Waals surface area contributed by atoms with Crippen LogP contribution in [0.15, 0.2) is 48.5 Å². The van der Waals surface area contributed by atoms with Crippen LogP contribution in [0.1, 0.15) is 27.7 Å². The van der Waals surface area contributed by atoms with E-state index in [-0.39, 0.29) is 11.7 Å². The van der Waals surface area contributed by atoms with Gasteiger partial charge < -0.3 is 19.7 Å². The average molecular weight is 388 g/mol. The summed E-state index contributed by atoms with van der Waals surface area (Å²) in [5.41, 5.74) is -0.561. The number of carbonyl (C=O) groups excluding carboxylic acids is 1. The molecule has 5 nitrogen and oxygen atoms in total. The summed E-state index contributed by atoms with van der Waals surface area (Å²) in [6, 6.07) is 12.9. The minimum Gasteiger partial charge on any atom is -0.490 e. The summed E-state index contributed by atoms with van der Waals surface area (Å²) >= 11 is 0. The van der Waals surface area contributed by atoms with Crippen LogP contribution < -0.4 is 14.8 Å². The Bertz CT molecular complexity index is 759. The van der Waals surface area contributed by atoms with Crippen LogP contribution >= 0.6 is 0 Å². The molecule has 0 saturated heterocycles. The van der Waals surface area contributed by atoms with E-state index in [1.54, 1.807) is 19.9 Å². The molecule has 0 aromatic heterocycles. The van der Waals surface area contributed by atoms with Crippen LogP contribution in [0.5, 0.6) is 11.5 Å². The van der Waals surface area contributed by atoms with Gasteiger partial charge in [-0.15, -0.1) is 0 Å². The number of para-hydroxylation sites is 2. The van der Waals surface area contributed by atoms with Gasteiger partial charge in [0.2, 0.25) is 0 Å². The first-order chi connectivity index (χ1) is 13.4. The molecule has 0 bridgehead atoms. The minimum atomic E-state index is -1.15. The SMILES string of the molecule is CCN(CC)CCOc1ccccc1NC(=O)C(C)(C)Oc1ccc(F)cc1. The van der Waals surface area contributed by atoms with Crippen LogP contribution in [-0.4, -0.2) is 42.6 Å². The quantitative estimate of drug-likeness (QED) is 0.658. The topological polar surface area (TPSA) is 50.8 Å². The fourth-order valence-corrected chi connectivity index (χ4v) is 2.64. The van der Waals surface area contributed by atoms with E-state index < -0.39 is 5.60 Å². The zero-order chi connectivity index (χ0) is 20.6. The Balaban J connectivity index is 2.01. The number of ether oxygens (including phenoxy) is 2. The molecular weight excluding hydrogens is 359 g/mol. The Morgan fingerprint density at radius 3 is 2.36 bits per heavy atom. The summed E-state index contributed by atoms with van der Waals surface area (Å²) in [4.78, 5) is 15.0. The van der Waals surface area contributed by atoms with Crippen molar-refractivity contribution in [1.82, 2.24) is 4.90 Å². The van der Waals surface area contributed by atoms with E-state index in [4.69, 9.17) is 9.47 Å². The van der Waals surface area contributed by atoms with Gasteiger partial charge in [-0.25, -0.2) is 4.39 Å². The molecule has 152 valence electrons.